The van der Waals surface area contributed by atoms with Gasteiger partial charge < -0.3 is 15.2 Å². The first kappa shape index (κ1) is 15.9. The number of hydrogen-bond acceptors (Lipinski definition) is 4. The molecule has 1 aromatic heterocycles. The van der Waals surface area contributed by atoms with Crippen LogP contribution in [0.3, 0.4) is 0 Å². The summed E-state index contributed by atoms with van der Waals surface area (Å²) in [6.45, 7) is 8.50. The molecule has 5 nitrogen and oxygen atoms in total. The molecular weight excluding hydrogens is 260 g/mol. The minimum Gasteiger partial charge on any atom is -0.359 e. The summed E-state index contributed by atoms with van der Waals surface area (Å²) >= 11 is 1.81. The number of aliphatic imine (C=N–C) groups is 1. The van der Waals surface area contributed by atoms with Gasteiger partial charge in [0.15, 0.2) is 11.7 Å². The number of guanidine groups is 1. The van der Waals surface area contributed by atoms with Crippen molar-refractivity contribution in [3.8, 4) is 0 Å². The number of thioether (sulfide) groups is 1. The third-order valence-corrected chi connectivity index (χ3v) is 3.12. The third kappa shape index (κ3) is 6.00. The summed E-state index contributed by atoms with van der Waals surface area (Å²) in [6, 6.07) is 1.97. The Bertz CT molecular complexity index is 390. The second kappa shape index (κ2) is 8.85. The van der Waals surface area contributed by atoms with Gasteiger partial charge in [-0.2, -0.15) is 11.8 Å². The fourth-order valence-electron chi connectivity index (χ4n) is 1.45. The molecule has 0 aliphatic heterocycles. The van der Waals surface area contributed by atoms with Crippen molar-refractivity contribution < 1.29 is 4.52 Å². The Kier molecular flexibility index (Phi) is 7.40. The predicted octanol–water partition coefficient (Wildman–Crippen LogP) is 2.22. The Morgan fingerprint density at radius 2 is 2.26 bits per heavy atom. The van der Waals surface area contributed by atoms with Crippen LogP contribution in [0.4, 0.5) is 0 Å². The van der Waals surface area contributed by atoms with Gasteiger partial charge in [0.25, 0.3) is 0 Å². The monoisotopic (exact) mass is 284 g/mol. The van der Waals surface area contributed by atoms with Gasteiger partial charge in [0.05, 0.1) is 5.69 Å². The standard InChI is InChI=1S/C13H24N4OS/c1-5-14-13(15-6-7-19-4)16-9-11-8-12(10(2)3)17-18-11/h8,10H,5-7,9H2,1-4H3,(H2,14,15,16). The van der Waals surface area contributed by atoms with E-state index in [0.29, 0.717) is 12.5 Å². The van der Waals surface area contributed by atoms with Gasteiger partial charge in [0.2, 0.25) is 0 Å². The Hall–Kier alpha value is -1.17. The summed E-state index contributed by atoms with van der Waals surface area (Å²) in [5.74, 6) is 3.06. The molecule has 0 amide bonds. The van der Waals surface area contributed by atoms with Crippen LogP contribution < -0.4 is 10.6 Å². The average Bonchev–Trinajstić information content (AvgIpc) is 2.85. The maximum absolute atomic E-state index is 5.26. The zero-order valence-electron chi connectivity index (χ0n) is 12.2. The molecule has 0 unspecified atom stereocenters. The van der Waals surface area contributed by atoms with E-state index in [2.05, 4.69) is 47.8 Å². The van der Waals surface area contributed by atoms with Crippen LogP contribution in [-0.4, -0.2) is 36.2 Å². The fraction of sp³-hybridized carbons (Fsp3) is 0.692. The molecule has 0 spiro atoms. The van der Waals surface area contributed by atoms with Crippen LogP contribution >= 0.6 is 11.8 Å². The summed E-state index contributed by atoms with van der Waals surface area (Å²) in [5, 5.41) is 10.5. The zero-order valence-corrected chi connectivity index (χ0v) is 13.0. The molecule has 0 saturated heterocycles. The van der Waals surface area contributed by atoms with Crippen molar-refractivity contribution in [1.82, 2.24) is 15.8 Å². The summed E-state index contributed by atoms with van der Waals surface area (Å²) in [7, 11) is 0. The Labute approximate surface area is 119 Å². The fourth-order valence-corrected chi connectivity index (χ4v) is 1.75. The molecule has 0 radical (unpaired) electrons. The highest BCUT2D eigenvalue weighted by atomic mass is 32.2. The molecule has 1 rings (SSSR count). The molecule has 2 N–H and O–H groups in total. The first-order valence-electron chi connectivity index (χ1n) is 6.64. The smallest absolute Gasteiger partial charge is 0.191 e. The van der Waals surface area contributed by atoms with Crippen molar-refractivity contribution in [2.24, 2.45) is 4.99 Å². The highest BCUT2D eigenvalue weighted by Gasteiger charge is 2.07. The van der Waals surface area contributed by atoms with Crippen LogP contribution in [0.5, 0.6) is 0 Å². The third-order valence-electron chi connectivity index (χ3n) is 2.50. The number of nitrogens with one attached hydrogen (secondary N) is 2. The van der Waals surface area contributed by atoms with Crippen molar-refractivity contribution in [2.75, 3.05) is 25.1 Å². The molecule has 1 aromatic rings. The minimum atomic E-state index is 0.384. The van der Waals surface area contributed by atoms with E-state index < -0.39 is 0 Å². The van der Waals surface area contributed by atoms with Crippen molar-refractivity contribution in [3.63, 3.8) is 0 Å². The zero-order chi connectivity index (χ0) is 14.1. The average molecular weight is 284 g/mol. The molecule has 108 valence electrons. The van der Waals surface area contributed by atoms with E-state index in [-0.39, 0.29) is 0 Å². The van der Waals surface area contributed by atoms with Crippen LogP contribution in [0.2, 0.25) is 0 Å². The van der Waals surface area contributed by atoms with Gasteiger partial charge in [-0.25, -0.2) is 4.99 Å². The molecule has 0 aliphatic carbocycles. The van der Waals surface area contributed by atoms with Gasteiger partial charge >= 0.3 is 0 Å². The first-order valence-corrected chi connectivity index (χ1v) is 8.03. The van der Waals surface area contributed by atoms with Crippen molar-refractivity contribution in [2.45, 2.75) is 33.2 Å². The quantitative estimate of drug-likeness (QED) is 0.457. The minimum absolute atomic E-state index is 0.384. The van der Waals surface area contributed by atoms with E-state index in [1.165, 1.54) is 0 Å². The SMILES string of the molecule is CCNC(=NCc1cc(C(C)C)no1)NCCSC. The molecule has 0 fully saturated rings. The summed E-state index contributed by atoms with van der Waals surface area (Å²) in [5.41, 5.74) is 0.977. The van der Waals surface area contributed by atoms with Gasteiger partial charge in [0, 0.05) is 24.9 Å². The van der Waals surface area contributed by atoms with Crippen LogP contribution in [-0.2, 0) is 6.54 Å². The van der Waals surface area contributed by atoms with Crippen LogP contribution in [0.1, 0.15) is 38.1 Å². The molecule has 1 heterocycles. The lowest BCUT2D eigenvalue weighted by Crippen LogP contribution is -2.38. The van der Waals surface area contributed by atoms with E-state index >= 15 is 0 Å². The number of rotatable bonds is 7. The van der Waals surface area contributed by atoms with E-state index in [1.54, 1.807) is 0 Å². The van der Waals surface area contributed by atoms with Crippen molar-refractivity contribution in [3.05, 3.63) is 17.5 Å². The highest BCUT2D eigenvalue weighted by molar-refractivity contribution is 7.98. The summed E-state index contributed by atoms with van der Waals surface area (Å²) < 4.78 is 5.26. The molecule has 0 atom stereocenters. The van der Waals surface area contributed by atoms with E-state index in [1.807, 2.05) is 17.8 Å². The van der Waals surface area contributed by atoms with Crippen LogP contribution in [0, 0.1) is 0 Å². The molecule has 6 heteroatoms. The second-order valence-electron chi connectivity index (χ2n) is 4.49. The van der Waals surface area contributed by atoms with Crippen molar-refractivity contribution >= 4 is 17.7 Å². The molecule has 0 aliphatic rings. The van der Waals surface area contributed by atoms with E-state index in [9.17, 15) is 0 Å². The summed E-state index contributed by atoms with van der Waals surface area (Å²) in [6.07, 6.45) is 2.09. The van der Waals surface area contributed by atoms with Gasteiger partial charge in [-0.05, 0) is 19.1 Å². The largest absolute Gasteiger partial charge is 0.359 e. The van der Waals surface area contributed by atoms with Crippen LogP contribution in [0.15, 0.2) is 15.6 Å². The van der Waals surface area contributed by atoms with Crippen LogP contribution in [0.25, 0.3) is 0 Å². The van der Waals surface area contributed by atoms with Crippen molar-refractivity contribution in [1.29, 1.82) is 0 Å². The molecule has 0 saturated carbocycles. The number of aromatic nitrogens is 1. The second-order valence-corrected chi connectivity index (χ2v) is 5.47. The topological polar surface area (TPSA) is 62.5 Å². The maximum Gasteiger partial charge on any atom is 0.191 e. The first-order chi connectivity index (χ1) is 9.17. The maximum atomic E-state index is 5.26. The number of hydrogen-bond donors (Lipinski definition) is 2. The van der Waals surface area contributed by atoms with Gasteiger partial charge in [-0.3, -0.25) is 0 Å². The van der Waals surface area contributed by atoms with Gasteiger partial charge in [0.1, 0.15) is 6.54 Å². The Morgan fingerprint density at radius 3 is 2.84 bits per heavy atom. The molecule has 19 heavy (non-hydrogen) atoms. The lowest BCUT2D eigenvalue weighted by atomic mass is 10.1. The lowest BCUT2D eigenvalue weighted by Gasteiger charge is -2.09. The lowest BCUT2D eigenvalue weighted by molar-refractivity contribution is 0.376. The predicted molar refractivity (Wildman–Crippen MR) is 81.8 cm³/mol. The highest BCUT2D eigenvalue weighted by Crippen LogP contribution is 2.14. The van der Waals surface area contributed by atoms with E-state index in [4.69, 9.17) is 4.52 Å². The number of nitrogens with zero attached hydrogens (tertiary/aromatic N) is 2. The molecule has 0 aromatic carbocycles. The summed E-state index contributed by atoms with van der Waals surface area (Å²) in [4.78, 5) is 4.48. The van der Waals surface area contributed by atoms with E-state index in [0.717, 1.165) is 36.3 Å². The Balaban J connectivity index is 2.52. The van der Waals surface area contributed by atoms with Gasteiger partial charge in [-0.1, -0.05) is 19.0 Å². The van der Waals surface area contributed by atoms with Gasteiger partial charge in [-0.15, -0.1) is 0 Å². The molecule has 0 bridgehead atoms. The normalized spacial score (nSPS) is 11.9. The molecular formula is C13H24N4OS. The Morgan fingerprint density at radius 1 is 1.47 bits per heavy atom.